The molecule has 0 spiro atoms. The number of ether oxygens (including phenoxy) is 1. The number of carbonyl (C=O) groups excluding carboxylic acids is 1. The van der Waals surface area contributed by atoms with E-state index in [2.05, 4.69) is 20.0 Å². The molecule has 114 valence electrons. The summed E-state index contributed by atoms with van der Waals surface area (Å²) in [5.74, 6) is -0.0435. The average Bonchev–Trinajstić information content (AvgIpc) is 3.12. The lowest BCUT2D eigenvalue weighted by Gasteiger charge is -2.07. The van der Waals surface area contributed by atoms with Crippen molar-refractivity contribution in [2.45, 2.75) is 13.2 Å². The first-order chi connectivity index (χ1) is 10.6. The number of aromatic nitrogens is 3. The zero-order valence-corrected chi connectivity index (χ0v) is 11.9. The van der Waals surface area contributed by atoms with E-state index in [-0.39, 0.29) is 17.2 Å². The third-order valence-electron chi connectivity index (χ3n) is 2.80. The number of thiophene rings is 1. The van der Waals surface area contributed by atoms with Crippen LogP contribution in [-0.2, 0) is 6.54 Å². The number of imidazole rings is 1. The lowest BCUT2D eigenvalue weighted by Crippen LogP contribution is -2.23. The van der Waals surface area contributed by atoms with Gasteiger partial charge in [0.1, 0.15) is 10.6 Å². The topological polar surface area (TPSA) is 68.5 Å². The number of hydrogen-bond acceptors (Lipinski definition) is 5. The molecule has 3 aromatic rings. The van der Waals surface area contributed by atoms with Crippen molar-refractivity contribution in [1.82, 2.24) is 19.7 Å². The van der Waals surface area contributed by atoms with Crippen LogP contribution in [0, 0.1) is 0 Å². The molecular weight excluding hydrogens is 314 g/mol. The molecule has 6 nitrogen and oxygen atoms in total. The summed E-state index contributed by atoms with van der Waals surface area (Å²) in [5.41, 5.74) is 0.756. The lowest BCUT2D eigenvalue weighted by atomic mass is 10.3. The van der Waals surface area contributed by atoms with Gasteiger partial charge in [0.25, 0.3) is 5.91 Å². The highest BCUT2D eigenvalue weighted by molar-refractivity contribution is 7.12. The normalized spacial score (nSPS) is 11.0. The van der Waals surface area contributed by atoms with Crippen molar-refractivity contribution in [3.8, 4) is 5.75 Å². The summed E-state index contributed by atoms with van der Waals surface area (Å²) < 4.78 is 30.5. The van der Waals surface area contributed by atoms with Crippen LogP contribution >= 0.6 is 11.3 Å². The van der Waals surface area contributed by atoms with E-state index < -0.39 is 12.5 Å². The molecule has 22 heavy (non-hydrogen) atoms. The predicted octanol–water partition coefficient (Wildman–Crippen LogP) is 2.32. The van der Waals surface area contributed by atoms with Gasteiger partial charge in [0.15, 0.2) is 0 Å². The largest absolute Gasteiger partial charge is 0.433 e. The van der Waals surface area contributed by atoms with Crippen molar-refractivity contribution in [2.24, 2.45) is 0 Å². The zero-order chi connectivity index (χ0) is 15.5. The number of alkyl halides is 2. The van der Waals surface area contributed by atoms with Gasteiger partial charge in [-0.25, -0.2) is 9.97 Å². The van der Waals surface area contributed by atoms with Gasteiger partial charge in [0.05, 0.1) is 0 Å². The summed E-state index contributed by atoms with van der Waals surface area (Å²) >= 11 is 1.04. The molecule has 0 aliphatic rings. The van der Waals surface area contributed by atoms with Crippen LogP contribution < -0.4 is 10.1 Å². The summed E-state index contributed by atoms with van der Waals surface area (Å²) in [6, 6.07) is 1.34. The van der Waals surface area contributed by atoms with Gasteiger partial charge in [-0.15, -0.1) is 11.3 Å². The first kappa shape index (κ1) is 14.4. The maximum Gasteiger partial charge on any atom is 0.387 e. The predicted molar refractivity (Wildman–Crippen MR) is 75.1 cm³/mol. The highest BCUT2D eigenvalue weighted by atomic mass is 32.1. The molecule has 3 aromatic heterocycles. The van der Waals surface area contributed by atoms with Gasteiger partial charge in [0.2, 0.25) is 5.78 Å². The van der Waals surface area contributed by atoms with Crippen molar-refractivity contribution < 1.29 is 18.3 Å². The van der Waals surface area contributed by atoms with Gasteiger partial charge in [-0.05, 0) is 11.4 Å². The van der Waals surface area contributed by atoms with E-state index in [0.717, 1.165) is 16.9 Å². The van der Waals surface area contributed by atoms with E-state index in [4.69, 9.17) is 0 Å². The second-order valence-corrected chi connectivity index (χ2v) is 5.19. The van der Waals surface area contributed by atoms with Crippen LogP contribution in [0.15, 0.2) is 36.2 Å². The van der Waals surface area contributed by atoms with Crippen LogP contribution in [0.1, 0.15) is 15.2 Å². The van der Waals surface area contributed by atoms with Crippen LogP contribution in [0.2, 0.25) is 0 Å². The van der Waals surface area contributed by atoms with Crippen molar-refractivity contribution in [2.75, 3.05) is 0 Å². The molecule has 0 saturated carbocycles. The Morgan fingerprint density at radius 1 is 1.45 bits per heavy atom. The van der Waals surface area contributed by atoms with Crippen LogP contribution in [0.4, 0.5) is 8.78 Å². The maximum absolute atomic E-state index is 12.2. The molecule has 0 aromatic carbocycles. The first-order valence-electron chi connectivity index (χ1n) is 6.21. The molecule has 0 radical (unpaired) electrons. The Balaban J connectivity index is 1.68. The molecule has 1 amide bonds. The fourth-order valence-corrected chi connectivity index (χ4v) is 2.60. The number of amides is 1. The molecule has 0 saturated heterocycles. The Labute approximate surface area is 127 Å². The van der Waals surface area contributed by atoms with Gasteiger partial charge in [-0.1, -0.05) is 0 Å². The molecule has 0 bridgehead atoms. The fourth-order valence-electron chi connectivity index (χ4n) is 1.86. The molecule has 1 N–H and O–H groups in total. The lowest BCUT2D eigenvalue weighted by molar-refractivity contribution is -0.0498. The number of nitrogens with zero attached hydrogens (tertiary/aromatic N) is 3. The quantitative estimate of drug-likeness (QED) is 0.782. The van der Waals surface area contributed by atoms with Crippen molar-refractivity contribution in [3.05, 3.63) is 46.7 Å². The molecular formula is C13H10F2N4O2S. The minimum Gasteiger partial charge on any atom is -0.433 e. The second kappa shape index (κ2) is 6.06. The van der Waals surface area contributed by atoms with E-state index in [1.165, 1.54) is 11.4 Å². The second-order valence-electron chi connectivity index (χ2n) is 4.27. The summed E-state index contributed by atoms with van der Waals surface area (Å²) in [6.07, 6.45) is 6.72. The van der Waals surface area contributed by atoms with Gasteiger partial charge in [0, 0.05) is 36.9 Å². The van der Waals surface area contributed by atoms with Crippen LogP contribution in [0.5, 0.6) is 5.75 Å². The molecule has 3 rings (SSSR count). The van der Waals surface area contributed by atoms with Gasteiger partial charge in [-0.3, -0.25) is 9.20 Å². The highest BCUT2D eigenvalue weighted by Crippen LogP contribution is 2.26. The maximum atomic E-state index is 12.2. The number of hydrogen-bond donors (Lipinski definition) is 1. The average molecular weight is 324 g/mol. The number of rotatable bonds is 5. The number of nitrogens with one attached hydrogen (secondary N) is 1. The molecule has 0 atom stereocenters. The molecule has 0 aliphatic carbocycles. The van der Waals surface area contributed by atoms with Gasteiger partial charge in [-0.2, -0.15) is 8.78 Å². The standard InChI is InChI=1S/C13H10F2N4O2S/c14-12(15)21-9-1-4-22-10(9)11(20)17-5-8-6-18-13-16-2-3-19(13)7-8/h1-4,6-7,12H,5H2,(H,17,20). The Kier molecular flexibility index (Phi) is 3.96. The van der Waals surface area contributed by atoms with Gasteiger partial charge >= 0.3 is 6.61 Å². The Morgan fingerprint density at radius 2 is 2.32 bits per heavy atom. The summed E-state index contributed by atoms with van der Waals surface area (Å²) in [6.45, 7) is -2.75. The Morgan fingerprint density at radius 3 is 3.14 bits per heavy atom. The fraction of sp³-hybridized carbons (Fsp3) is 0.154. The highest BCUT2D eigenvalue weighted by Gasteiger charge is 2.17. The minimum absolute atomic E-state index is 0.108. The number of carbonyl (C=O) groups is 1. The molecule has 0 unspecified atom stereocenters. The number of halogens is 2. The van der Waals surface area contributed by atoms with E-state index in [9.17, 15) is 13.6 Å². The summed E-state index contributed by atoms with van der Waals surface area (Å²) in [4.78, 5) is 20.3. The van der Waals surface area contributed by atoms with Crippen molar-refractivity contribution in [3.63, 3.8) is 0 Å². The van der Waals surface area contributed by atoms with Crippen LogP contribution in [-0.4, -0.2) is 26.9 Å². The van der Waals surface area contributed by atoms with Crippen LogP contribution in [0.3, 0.4) is 0 Å². The third-order valence-corrected chi connectivity index (χ3v) is 3.70. The Hall–Kier alpha value is -2.55. The minimum atomic E-state index is -2.96. The number of fused-ring (bicyclic) bond motifs is 1. The van der Waals surface area contributed by atoms with Crippen molar-refractivity contribution >= 4 is 23.0 Å². The van der Waals surface area contributed by atoms with Gasteiger partial charge < -0.3 is 10.1 Å². The van der Waals surface area contributed by atoms with E-state index >= 15 is 0 Å². The molecule has 0 fully saturated rings. The van der Waals surface area contributed by atoms with E-state index in [0.29, 0.717) is 5.78 Å². The SMILES string of the molecule is O=C(NCc1cnc2nccn2c1)c1sccc1OC(F)F. The zero-order valence-electron chi connectivity index (χ0n) is 11.1. The van der Waals surface area contributed by atoms with Crippen molar-refractivity contribution in [1.29, 1.82) is 0 Å². The summed E-state index contributed by atoms with van der Waals surface area (Å²) in [5, 5.41) is 4.16. The molecule has 0 aliphatic heterocycles. The van der Waals surface area contributed by atoms with Crippen LogP contribution in [0.25, 0.3) is 5.78 Å². The van der Waals surface area contributed by atoms with E-state index in [1.54, 1.807) is 29.2 Å². The third kappa shape index (κ3) is 3.03. The molecule has 3 heterocycles. The van der Waals surface area contributed by atoms with E-state index in [1.807, 2.05) is 0 Å². The smallest absolute Gasteiger partial charge is 0.387 e. The first-order valence-corrected chi connectivity index (χ1v) is 7.09. The molecule has 9 heteroatoms. The Bertz CT molecular complexity index is 802. The summed E-state index contributed by atoms with van der Waals surface area (Å²) in [7, 11) is 0. The monoisotopic (exact) mass is 324 g/mol.